The Kier molecular flexibility index (Phi) is 4.17. The van der Waals surface area contributed by atoms with E-state index >= 15 is 0 Å². The summed E-state index contributed by atoms with van der Waals surface area (Å²) in [4.78, 5) is 15.4. The summed E-state index contributed by atoms with van der Waals surface area (Å²) in [5, 5.41) is 9.15. The lowest BCUT2D eigenvalue weighted by atomic mass is 9.88. The predicted octanol–water partition coefficient (Wildman–Crippen LogP) is -0.344. The minimum Gasteiger partial charge on any atom is -0.481 e. The van der Waals surface area contributed by atoms with Crippen molar-refractivity contribution in [1.82, 2.24) is 9.80 Å². The molecule has 2 rings (SSSR count). The first kappa shape index (κ1) is 14.7. The zero-order valence-electron chi connectivity index (χ0n) is 11.3. The molecule has 6 nitrogen and oxygen atoms in total. The summed E-state index contributed by atoms with van der Waals surface area (Å²) in [5.74, 6) is -0.714. The molecular formula is C12H22N2O4S. The highest BCUT2D eigenvalue weighted by Gasteiger charge is 2.45. The van der Waals surface area contributed by atoms with Crippen LogP contribution < -0.4 is 0 Å². The largest absolute Gasteiger partial charge is 0.481 e. The second-order valence-corrected chi connectivity index (χ2v) is 7.96. The van der Waals surface area contributed by atoms with Gasteiger partial charge >= 0.3 is 5.97 Å². The Morgan fingerprint density at radius 2 is 1.89 bits per heavy atom. The Morgan fingerprint density at radius 1 is 1.26 bits per heavy atom. The molecule has 7 heteroatoms. The Bertz CT molecular complexity index is 443. The van der Waals surface area contributed by atoms with E-state index in [9.17, 15) is 13.2 Å². The number of likely N-dealkylation sites (N-methyl/N-ethyl adjacent to an activating group) is 1. The highest BCUT2D eigenvalue weighted by molar-refractivity contribution is 7.91. The molecule has 2 saturated heterocycles. The Labute approximate surface area is 114 Å². The van der Waals surface area contributed by atoms with Gasteiger partial charge in [0.1, 0.15) is 0 Å². The van der Waals surface area contributed by atoms with E-state index in [1.807, 2.05) is 7.05 Å². The smallest absolute Gasteiger partial charge is 0.305 e. The molecule has 2 fully saturated rings. The van der Waals surface area contributed by atoms with Gasteiger partial charge in [0.15, 0.2) is 9.84 Å². The molecule has 1 unspecified atom stereocenters. The van der Waals surface area contributed by atoms with Crippen LogP contribution in [0.15, 0.2) is 0 Å². The number of nitrogens with zero attached hydrogens (tertiary/aromatic N) is 2. The number of carbonyl (C=O) groups is 1. The van der Waals surface area contributed by atoms with Crippen molar-refractivity contribution in [2.45, 2.75) is 24.8 Å². The van der Waals surface area contributed by atoms with Gasteiger partial charge in [-0.3, -0.25) is 9.69 Å². The fourth-order valence-electron chi connectivity index (χ4n) is 3.24. The molecule has 0 aliphatic carbocycles. The molecule has 2 aliphatic rings. The maximum Gasteiger partial charge on any atom is 0.305 e. The van der Waals surface area contributed by atoms with Gasteiger partial charge in [-0.2, -0.15) is 0 Å². The number of carboxylic acids is 1. The lowest BCUT2D eigenvalue weighted by molar-refractivity contribution is -0.140. The lowest BCUT2D eigenvalue weighted by Gasteiger charge is -2.48. The maximum absolute atomic E-state index is 11.9. The minimum absolute atomic E-state index is 0.00395. The molecule has 0 aromatic rings. The topological polar surface area (TPSA) is 77.9 Å². The fourth-order valence-corrected chi connectivity index (χ4v) is 5.21. The second-order valence-electron chi connectivity index (χ2n) is 5.78. The van der Waals surface area contributed by atoms with Gasteiger partial charge in [-0.15, -0.1) is 0 Å². The van der Waals surface area contributed by atoms with E-state index in [0.29, 0.717) is 12.8 Å². The zero-order valence-corrected chi connectivity index (χ0v) is 12.2. The molecule has 110 valence electrons. The second kappa shape index (κ2) is 5.38. The van der Waals surface area contributed by atoms with Gasteiger partial charge in [-0.05, 0) is 19.9 Å². The van der Waals surface area contributed by atoms with Crippen molar-refractivity contribution in [3.05, 3.63) is 0 Å². The number of aliphatic carboxylic acids is 1. The van der Waals surface area contributed by atoms with Gasteiger partial charge in [0.25, 0.3) is 0 Å². The summed E-state index contributed by atoms with van der Waals surface area (Å²) in [6.07, 6.45) is 1.17. The Morgan fingerprint density at radius 3 is 2.42 bits per heavy atom. The van der Waals surface area contributed by atoms with E-state index in [0.717, 1.165) is 26.2 Å². The molecule has 0 radical (unpaired) electrons. The summed E-state index contributed by atoms with van der Waals surface area (Å²) in [7, 11) is -1.09. The van der Waals surface area contributed by atoms with Crippen LogP contribution in [0.3, 0.4) is 0 Å². The van der Waals surface area contributed by atoms with Crippen LogP contribution in [0.4, 0.5) is 0 Å². The SMILES string of the molecule is CN1CCN(C2(CC(=O)O)CCCS(=O)(=O)C2)CC1. The normalized spacial score (nSPS) is 33.1. The molecule has 1 N–H and O–H groups in total. The molecule has 0 aromatic carbocycles. The Hall–Kier alpha value is -0.660. The minimum atomic E-state index is -3.12. The Balaban J connectivity index is 2.21. The zero-order chi connectivity index (χ0) is 14.1. The van der Waals surface area contributed by atoms with Crippen LogP contribution in [0.1, 0.15) is 19.3 Å². The molecule has 0 saturated carbocycles. The van der Waals surface area contributed by atoms with Crippen molar-refractivity contribution in [2.75, 3.05) is 44.7 Å². The van der Waals surface area contributed by atoms with Crippen molar-refractivity contribution < 1.29 is 18.3 Å². The molecule has 0 bridgehead atoms. The van der Waals surface area contributed by atoms with Crippen molar-refractivity contribution in [3.63, 3.8) is 0 Å². The first-order valence-corrected chi connectivity index (χ1v) is 8.51. The van der Waals surface area contributed by atoms with Crippen molar-refractivity contribution in [3.8, 4) is 0 Å². The van der Waals surface area contributed by atoms with Gasteiger partial charge in [-0.1, -0.05) is 0 Å². The van der Waals surface area contributed by atoms with Crippen LogP contribution in [0.2, 0.25) is 0 Å². The third-order valence-electron chi connectivity index (χ3n) is 4.24. The number of carboxylic acid groups (broad SMARTS) is 1. The maximum atomic E-state index is 11.9. The van der Waals surface area contributed by atoms with Crippen LogP contribution in [0, 0.1) is 0 Å². The van der Waals surface area contributed by atoms with Gasteiger partial charge in [0.2, 0.25) is 0 Å². The van der Waals surface area contributed by atoms with Crippen LogP contribution >= 0.6 is 0 Å². The van der Waals surface area contributed by atoms with E-state index in [2.05, 4.69) is 9.80 Å². The highest BCUT2D eigenvalue weighted by atomic mass is 32.2. The molecule has 2 heterocycles. The van der Waals surface area contributed by atoms with Gasteiger partial charge in [0, 0.05) is 31.7 Å². The van der Waals surface area contributed by atoms with Gasteiger partial charge in [-0.25, -0.2) is 8.42 Å². The fraction of sp³-hybridized carbons (Fsp3) is 0.917. The van der Waals surface area contributed by atoms with Crippen LogP contribution in [-0.4, -0.2) is 79.6 Å². The summed E-state index contributed by atoms with van der Waals surface area (Å²) in [6, 6.07) is 0. The van der Waals surface area contributed by atoms with Crippen LogP contribution in [0.5, 0.6) is 0 Å². The van der Waals surface area contributed by atoms with Crippen LogP contribution in [-0.2, 0) is 14.6 Å². The molecule has 0 aromatic heterocycles. The first-order chi connectivity index (χ1) is 8.83. The number of hydrogen-bond donors (Lipinski definition) is 1. The number of hydrogen-bond acceptors (Lipinski definition) is 5. The van der Waals surface area contributed by atoms with Crippen LogP contribution in [0.25, 0.3) is 0 Å². The third-order valence-corrected chi connectivity index (χ3v) is 6.13. The molecule has 1 atom stereocenters. The first-order valence-electron chi connectivity index (χ1n) is 6.69. The van der Waals surface area contributed by atoms with E-state index in [-0.39, 0.29) is 17.9 Å². The average Bonchev–Trinajstić information content (AvgIpc) is 2.27. The van der Waals surface area contributed by atoms with E-state index in [1.165, 1.54) is 0 Å². The monoisotopic (exact) mass is 290 g/mol. The molecule has 0 spiro atoms. The van der Waals surface area contributed by atoms with Crippen molar-refractivity contribution in [1.29, 1.82) is 0 Å². The average molecular weight is 290 g/mol. The summed E-state index contributed by atoms with van der Waals surface area (Å²) in [5.41, 5.74) is -0.690. The van der Waals surface area contributed by atoms with Gasteiger partial charge in [0.05, 0.1) is 17.9 Å². The molecule has 0 amide bonds. The third kappa shape index (κ3) is 3.46. The highest BCUT2D eigenvalue weighted by Crippen LogP contribution is 2.33. The lowest BCUT2D eigenvalue weighted by Crippen LogP contribution is -2.61. The predicted molar refractivity (Wildman–Crippen MR) is 71.9 cm³/mol. The standard InChI is InChI=1S/C12H22N2O4S/c1-13-4-6-14(7-5-13)12(9-11(15)16)3-2-8-19(17,18)10-12/h2-10H2,1H3,(H,15,16). The van der Waals surface area contributed by atoms with E-state index in [4.69, 9.17) is 5.11 Å². The number of rotatable bonds is 3. The molecule has 19 heavy (non-hydrogen) atoms. The van der Waals surface area contributed by atoms with Crippen molar-refractivity contribution in [2.24, 2.45) is 0 Å². The summed E-state index contributed by atoms with van der Waals surface area (Å²) in [6.45, 7) is 3.22. The molecule has 2 aliphatic heterocycles. The summed E-state index contributed by atoms with van der Waals surface area (Å²) < 4.78 is 23.8. The van der Waals surface area contributed by atoms with E-state index in [1.54, 1.807) is 0 Å². The summed E-state index contributed by atoms with van der Waals surface area (Å²) >= 11 is 0. The van der Waals surface area contributed by atoms with Crippen molar-refractivity contribution >= 4 is 15.8 Å². The quantitative estimate of drug-likeness (QED) is 0.766. The molecular weight excluding hydrogens is 268 g/mol. The number of sulfone groups is 1. The van der Waals surface area contributed by atoms with E-state index < -0.39 is 21.3 Å². The van der Waals surface area contributed by atoms with Gasteiger partial charge < -0.3 is 10.0 Å². The number of piperazine rings is 1.